The van der Waals surface area contributed by atoms with Crippen molar-refractivity contribution in [3.8, 4) is 0 Å². The van der Waals surface area contributed by atoms with Crippen molar-refractivity contribution in [3.05, 3.63) is 59.1 Å². The smallest absolute Gasteiger partial charge is 0.153 e. The lowest BCUT2D eigenvalue weighted by atomic mass is 10.2. The van der Waals surface area contributed by atoms with Gasteiger partial charge in [-0.1, -0.05) is 11.6 Å². The van der Waals surface area contributed by atoms with Crippen LogP contribution in [-0.4, -0.2) is 27.3 Å². The van der Waals surface area contributed by atoms with Gasteiger partial charge in [0.2, 0.25) is 0 Å². The summed E-state index contributed by atoms with van der Waals surface area (Å²) in [6, 6.07) is 9.48. The van der Waals surface area contributed by atoms with Crippen molar-refractivity contribution in [2.75, 3.05) is 22.9 Å². The molecule has 0 fully saturated rings. The van der Waals surface area contributed by atoms with Gasteiger partial charge in [0.05, 0.1) is 10.6 Å². The second-order valence-electron chi connectivity index (χ2n) is 5.41. The Labute approximate surface area is 156 Å². The van der Waals surface area contributed by atoms with Gasteiger partial charge in [0.15, 0.2) is 11.0 Å². The number of nitrogens with zero attached hydrogens (tertiary/aromatic N) is 1. The van der Waals surface area contributed by atoms with Crippen molar-refractivity contribution in [3.63, 3.8) is 0 Å². The summed E-state index contributed by atoms with van der Waals surface area (Å²) < 4.78 is 51.4. The van der Waals surface area contributed by atoms with Gasteiger partial charge in [-0.05, 0) is 49.2 Å². The van der Waals surface area contributed by atoms with E-state index in [9.17, 15) is 17.5 Å². The van der Waals surface area contributed by atoms with E-state index in [1.54, 1.807) is 30.5 Å². The molecule has 136 valence electrons. The molecule has 0 radical (unpaired) electrons. The molecule has 0 saturated carbocycles. The maximum atomic E-state index is 14.2. The molecule has 0 bridgehead atoms. The third-order valence-corrected chi connectivity index (χ3v) is 6.03. The van der Waals surface area contributed by atoms with Gasteiger partial charge in [0, 0.05) is 17.6 Å². The van der Waals surface area contributed by atoms with Crippen LogP contribution >= 0.6 is 11.6 Å². The van der Waals surface area contributed by atoms with Gasteiger partial charge in [0.25, 0.3) is 0 Å². The predicted octanol–water partition coefficient (Wildman–Crippen LogP) is 4.65. The van der Waals surface area contributed by atoms with Crippen LogP contribution in [0.1, 0.15) is 12.8 Å². The van der Waals surface area contributed by atoms with Crippen LogP contribution in [0, 0.1) is 11.6 Å². The first-order valence-corrected chi connectivity index (χ1v) is 10.8. The van der Waals surface area contributed by atoms with Crippen LogP contribution in [0.25, 0.3) is 0 Å². The van der Waals surface area contributed by atoms with Crippen LogP contribution in [0.2, 0.25) is 5.02 Å². The highest BCUT2D eigenvalue weighted by molar-refractivity contribution is 7.90. The van der Waals surface area contributed by atoms with Crippen molar-refractivity contribution in [1.82, 2.24) is 0 Å². The lowest BCUT2D eigenvalue weighted by molar-refractivity contribution is 0.597. The highest BCUT2D eigenvalue weighted by Gasteiger charge is 2.20. The summed E-state index contributed by atoms with van der Waals surface area (Å²) in [6.07, 6.45) is 3.00. The molecule has 2 atom stereocenters. The maximum absolute atomic E-state index is 14.2. The first-order chi connectivity index (χ1) is 11.9. The lowest BCUT2D eigenvalue weighted by Gasteiger charge is -2.24. The summed E-state index contributed by atoms with van der Waals surface area (Å²) in [5, 5.41) is 0.502. The van der Waals surface area contributed by atoms with E-state index in [0.717, 1.165) is 18.2 Å². The van der Waals surface area contributed by atoms with Crippen LogP contribution in [0.3, 0.4) is 0 Å². The van der Waals surface area contributed by atoms with Gasteiger partial charge in [-0.2, -0.15) is 4.55 Å². The van der Waals surface area contributed by atoms with E-state index in [0.29, 0.717) is 28.5 Å². The van der Waals surface area contributed by atoms with E-state index in [1.807, 2.05) is 0 Å². The Morgan fingerprint density at radius 3 is 2.48 bits per heavy atom. The van der Waals surface area contributed by atoms with Crippen LogP contribution in [0.5, 0.6) is 0 Å². The molecular weight excluding hydrogens is 388 g/mol. The van der Waals surface area contributed by atoms with Crippen molar-refractivity contribution in [1.29, 1.82) is 0 Å². The molecule has 2 unspecified atom stereocenters. The summed E-state index contributed by atoms with van der Waals surface area (Å²) in [6.45, 7) is 0.271. The molecule has 0 heterocycles. The Kier molecular flexibility index (Phi) is 7.68. The summed E-state index contributed by atoms with van der Waals surface area (Å²) in [7, 11) is -1.71. The summed E-state index contributed by atoms with van der Waals surface area (Å²) in [5.74, 6) is -0.617. The van der Waals surface area contributed by atoms with Crippen LogP contribution in [0.4, 0.5) is 14.5 Å². The minimum absolute atomic E-state index is 0.0484. The first-order valence-electron chi connectivity index (χ1n) is 7.60. The molecule has 25 heavy (non-hydrogen) atoms. The highest BCUT2D eigenvalue weighted by atomic mass is 35.5. The van der Waals surface area contributed by atoms with Gasteiger partial charge in [-0.25, -0.2) is 13.0 Å². The molecule has 2 aromatic rings. The first kappa shape index (κ1) is 20.2. The second kappa shape index (κ2) is 9.52. The van der Waals surface area contributed by atoms with E-state index in [-0.39, 0.29) is 12.2 Å². The Morgan fingerprint density at radius 1 is 1.16 bits per heavy atom. The number of hydrogen-bond donors (Lipinski definition) is 1. The molecular formula is C17H19ClF2NO2S2+. The Balaban J connectivity index is 2.26. The minimum atomic E-state index is -1.71. The predicted molar refractivity (Wildman–Crippen MR) is 102 cm³/mol. The molecule has 2 rings (SSSR count). The quantitative estimate of drug-likeness (QED) is 0.512. The third kappa shape index (κ3) is 5.95. The summed E-state index contributed by atoms with van der Waals surface area (Å²) >= 11 is 5.17. The Hall–Kier alpha value is -1.15. The molecule has 1 N–H and O–H groups in total. The molecule has 3 nitrogen and oxygen atoms in total. The van der Waals surface area contributed by atoms with Gasteiger partial charge < -0.3 is 0 Å². The molecule has 0 aliphatic carbocycles. The van der Waals surface area contributed by atoms with Crippen molar-refractivity contribution < 1.29 is 17.5 Å². The minimum Gasteiger partial charge on any atom is -0.285 e. The summed E-state index contributed by atoms with van der Waals surface area (Å²) in [5.41, 5.74) is -0.0484. The number of anilines is 1. The molecule has 0 amide bonds. The Bertz CT molecular complexity index is 729. The fraction of sp³-hybridized carbons (Fsp3) is 0.294. The molecule has 0 aliphatic heterocycles. The van der Waals surface area contributed by atoms with Crippen LogP contribution in [0.15, 0.2) is 47.4 Å². The van der Waals surface area contributed by atoms with Gasteiger partial charge in [-0.15, -0.1) is 0 Å². The highest BCUT2D eigenvalue weighted by Crippen LogP contribution is 2.26. The fourth-order valence-electron chi connectivity index (χ4n) is 2.21. The monoisotopic (exact) mass is 406 g/mol. The van der Waals surface area contributed by atoms with Crippen molar-refractivity contribution in [2.45, 2.75) is 17.7 Å². The molecule has 0 saturated heterocycles. The van der Waals surface area contributed by atoms with Crippen LogP contribution < -0.4 is 4.31 Å². The SMILES string of the molecule is C[S+](O)CCCCN(c1cc(F)ccc1F)S(=O)c1ccc(Cl)cc1. The second-order valence-corrected chi connectivity index (χ2v) is 8.87. The average molecular weight is 407 g/mol. The zero-order valence-corrected chi connectivity index (χ0v) is 16.0. The van der Waals surface area contributed by atoms with Crippen molar-refractivity contribution >= 4 is 39.4 Å². The number of rotatable bonds is 8. The normalized spacial score (nSPS) is 13.5. The largest absolute Gasteiger partial charge is 0.285 e. The van der Waals surface area contributed by atoms with E-state index < -0.39 is 33.8 Å². The van der Waals surface area contributed by atoms with E-state index >= 15 is 0 Å². The molecule has 8 heteroatoms. The van der Waals surface area contributed by atoms with E-state index in [1.165, 1.54) is 4.31 Å². The Morgan fingerprint density at radius 2 is 1.84 bits per heavy atom. The maximum Gasteiger partial charge on any atom is 0.153 e. The van der Waals surface area contributed by atoms with Crippen LogP contribution in [-0.2, 0) is 22.2 Å². The zero-order valence-electron chi connectivity index (χ0n) is 13.6. The van der Waals surface area contributed by atoms with Gasteiger partial charge >= 0.3 is 0 Å². The molecule has 0 aromatic heterocycles. The van der Waals surface area contributed by atoms with E-state index in [2.05, 4.69) is 0 Å². The number of halogens is 3. The summed E-state index contributed by atoms with van der Waals surface area (Å²) in [4.78, 5) is 0.450. The molecule has 0 spiro atoms. The molecule has 0 aliphatic rings. The zero-order chi connectivity index (χ0) is 18.4. The number of unbranched alkanes of at least 4 members (excludes halogenated alkanes) is 1. The number of benzene rings is 2. The lowest BCUT2D eigenvalue weighted by Crippen LogP contribution is -2.28. The molecule has 2 aromatic carbocycles. The van der Waals surface area contributed by atoms with Gasteiger partial charge in [0.1, 0.15) is 34.8 Å². The van der Waals surface area contributed by atoms with Gasteiger partial charge in [-0.3, -0.25) is 4.31 Å². The van der Waals surface area contributed by atoms with E-state index in [4.69, 9.17) is 11.6 Å². The number of hydrogen-bond acceptors (Lipinski definition) is 2. The average Bonchev–Trinajstić information content (AvgIpc) is 2.57. The standard InChI is InChI=1S/C17H19ClF2NO2S2/c1-24(22)11-3-2-10-21(17-12-14(19)6-9-16(17)20)25(23)15-7-4-13(18)5-8-15/h4-9,12,22H,2-3,10-11H2,1H3/q+1. The third-order valence-electron chi connectivity index (χ3n) is 3.44. The topological polar surface area (TPSA) is 40.5 Å². The fourth-order valence-corrected chi connectivity index (χ4v) is 4.20. The van der Waals surface area contributed by atoms with Crippen molar-refractivity contribution in [2.24, 2.45) is 0 Å².